The van der Waals surface area contributed by atoms with Crippen molar-refractivity contribution >= 4 is 0 Å². The van der Waals surface area contributed by atoms with Gasteiger partial charge in [-0.05, 0) is 32.4 Å². The van der Waals surface area contributed by atoms with E-state index >= 15 is 0 Å². The fraction of sp³-hybridized carbons (Fsp3) is 0.769. The largest absolute Gasteiger partial charge is 0.395 e. The molecule has 1 aromatic heterocycles. The van der Waals surface area contributed by atoms with Crippen LogP contribution in [0.1, 0.15) is 24.2 Å². The van der Waals surface area contributed by atoms with Crippen molar-refractivity contribution in [2.24, 2.45) is 7.05 Å². The van der Waals surface area contributed by atoms with Gasteiger partial charge in [-0.1, -0.05) is 0 Å². The Morgan fingerprint density at radius 1 is 1.61 bits per heavy atom. The molecule has 2 heterocycles. The number of hydrogen-bond donors (Lipinski definition) is 2. The van der Waals surface area contributed by atoms with E-state index in [1.165, 1.54) is 18.5 Å². The van der Waals surface area contributed by atoms with Gasteiger partial charge < -0.3 is 10.4 Å². The first-order valence-electron chi connectivity index (χ1n) is 6.75. The van der Waals surface area contributed by atoms with E-state index < -0.39 is 0 Å². The summed E-state index contributed by atoms with van der Waals surface area (Å²) in [5, 5.41) is 17.1. The Balaban J connectivity index is 1.94. The maximum absolute atomic E-state index is 9.18. The first-order valence-corrected chi connectivity index (χ1v) is 6.75. The molecule has 0 aromatic carbocycles. The number of aliphatic hydroxyl groups excluding tert-OH is 1. The Morgan fingerprint density at radius 2 is 2.44 bits per heavy atom. The van der Waals surface area contributed by atoms with Crippen molar-refractivity contribution in [3.63, 3.8) is 0 Å². The summed E-state index contributed by atoms with van der Waals surface area (Å²) in [7, 11) is 1.98. The molecular formula is C13H24N4O. The maximum atomic E-state index is 9.18. The SMILES string of the molecule is Cc1cc(CN(CCO)CC2CCCN2)n(C)n1. The molecule has 1 aromatic rings. The van der Waals surface area contributed by atoms with Gasteiger partial charge in [-0.15, -0.1) is 0 Å². The Hall–Kier alpha value is -0.910. The third-order valence-electron chi connectivity index (χ3n) is 3.54. The average Bonchev–Trinajstić information content (AvgIpc) is 2.90. The first-order chi connectivity index (χ1) is 8.69. The summed E-state index contributed by atoms with van der Waals surface area (Å²) in [4.78, 5) is 2.31. The van der Waals surface area contributed by atoms with Crippen molar-refractivity contribution in [2.45, 2.75) is 32.4 Å². The lowest BCUT2D eigenvalue weighted by Gasteiger charge is -2.24. The second kappa shape index (κ2) is 6.31. The third-order valence-corrected chi connectivity index (χ3v) is 3.54. The monoisotopic (exact) mass is 252 g/mol. The molecule has 1 aliphatic rings. The quantitative estimate of drug-likeness (QED) is 0.763. The van der Waals surface area contributed by atoms with E-state index in [1.54, 1.807) is 0 Å². The van der Waals surface area contributed by atoms with E-state index in [1.807, 2.05) is 18.7 Å². The van der Waals surface area contributed by atoms with Crippen LogP contribution in [0.3, 0.4) is 0 Å². The second-order valence-corrected chi connectivity index (χ2v) is 5.15. The summed E-state index contributed by atoms with van der Waals surface area (Å²) in [5.74, 6) is 0. The highest BCUT2D eigenvalue weighted by molar-refractivity contribution is 5.08. The number of aryl methyl sites for hydroxylation is 2. The van der Waals surface area contributed by atoms with Gasteiger partial charge in [0.15, 0.2) is 0 Å². The number of rotatable bonds is 6. The van der Waals surface area contributed by atoms with Crippen molar-refractivity contribution in [1.29, 1.82) is 0 Å². The van der Waals surface area contributed by atoms with Gasteiger partial charge in [-0.3, -0.25) is 9.58 Å². The average molecular weight is 252 g/mol. The Morgan fingerprint density at radius 3 is 3.00 bits per heavy atom. The van der Waals surface area contributed by atoms with Crippen LogP contribution < -0.4 is 5.32 Å². The molecule has 0 saturated carbocycles. The van der Waals surface area contributed by atoms with Gasteiger partial charge in [0.05, 0.1) is 18.0 Å². The molecule has 18 heavy (non-hydrogen) atoms. The zero-order chi connectivity index (χ0) is 13.0. The molecular weight excluding hydrogens is 228 g/mol. The van der Waals surface area contributed by atoms with Crippen LogP contribution >= 0.6 is 0 Å². The highest BCUT2D eigenvalue weighted by atomic mass is 16.3. The Bertz CT molecular complexity index is 371. The van der Waals surface area contributed by atoms with Crippen molar-refractivity contribution in [3.8, 4) is 0 Å². The van der Waals surface area contributed by atoms with E-state index in [0.717, 1.165) is 31.9 Å². The lowest BCUT2D eigenvalue weighted by molar-refractivity contribution is 0.176. The minimum absolute atomic E-state index is 0.212. The molecule has 2 N–H and O–H groups in total. The van der Waals surface area contributed by atoms with Gasteiger partial charge in [0.2, 0.25) is 0 Å². The zero-order valence-corrected chi connectivity index (χ0v) is 11.4. The summed E-state index contributed by atoms with van der Waals surface area (Å²) >= 11 is 0. The van der Waals surface area contributed by atoms with Crippen LogP contribution in [0.25, 0.3) is 0 Å². The van der Waals surface area contributed by atoms with Crippen LogP contribution in [0.2, 0.25) is 0 Å². The molecule has 5 heteroatoms. The molecule has 5 nitrogen and oxygen atoms in total. The van der Waals surface area contributed by atoms with Gasteiger partial charge in [0.25, 0.3) is 0 Å². The predicted octanol–water partition coefficient (Wildman–Crippen LogP) is 0.275. The van der Waals surface area contributed by atoms with Gasteiger partial charge >= 0.3 is 0 Å². The summed E-state index contributed by atoms with van der Waals surface area (Å²) in [6, 6.07) is 2.69. The van der Waals surface area contributed by atoms with E-state index in [2.05, 4.69) is 21.4 Å². The van der Waals surface area contributed by atoms with Gasteiger partial charge in [-0.2, -0.15) is 5.10 Å². The van der Waals surface area contributed by atoms with Crippen LogP contribution in [-0.4, -0.2) is 52.1 Å². The van der Waals surface area contributed by atoms with Crippen LogP contribution in [-0.2, 0) is 13.6 Å². The molecule has 0 spiro atoms. The van der Waals surface area contributed by atoms with E-state index in [9.17, 15) is 5.11 Å². The number of nitrogens with one attached hydrogen (secondary N) is 1. The van der Waals surface area contributed by atoms with Crippen LogP contribution in [0, 0.1) is 6.92 Å². The van der Waals surface area contributed by atoms with Gasteiger partial charge in [-0.25, -0.2) is 0 Å². The number of hydrogen-bond acceptors (Lipinski definition) is 4. The number of aliphatic hydroxyl groups is 1. The molecule has 1 atom stereocenters. The van der Waals surface area contributed by atoms with Crippen LogP contribution in [0.15, 0.2) is 6.07 Å². The molecule has 2 rings (SSSR count). The molecule has 0 aliphatic carbocycles. The van der Waals surface area contributed by atoms with E-state index in [0.29, 0.717) is 6.04 Å². The smallest absolute Gasteiger partial charge is 0.0597 e. The summed E-state index contributed by atoms with van der Waals surface area (Å²) in [6.45, 7) is 5.94. The van der Waals surface area contributed by atoms with E-state index in [-0.39, 0.29) is 6.61 Å². The van der Waals surface area contributed by atoms with Gasteiger partial charge in [0, 0.05) is 32.7 Å². The second-order valence-electron chi connectivity index (χ2n) is 5.15. The number of aromatic nitrogens is 2. The molecule has 0 bridgehead atoms. The normalized spacial score (nSPS) is 19.9. The van der Waals surface area contributed by atoms with E-state index in [4.69, 9.17) is 0 Å². The molecule has 1 saturated heterocycles. The maximum Gasteiger partial charge on any atom is 0.0597 e. The standard InChI is InChI=1S/C13H24N4O/c1-11-8-13(16(2)15-11)10-17(6-7-18)9-12-4-3-5-14-12/h8,12,14,18H,3-7,9-10H2,1-2H3. The number of nitrogens with zero attached hydrogens (tertiary/aromatic N) is 3. The van der Waals surface area contributed by atoms with Crippen molar-refractivity contribution in [1.82, 2.24) is 20.0 Å². The fourth-order valence-electron chi connectivity index (χ4n) is 2.64. The highest BCUT2D eigenvalue weighted by Crippen LogP contribution is 2.10. The minimum Gasteiger partial charge on any atom is -0.395 e. The Labute approximate surface area is 109 Å². The van der Waals surface area contributed by atoms with Gasteiger partial charge in [0.1, 0.15) is 0 Å². The molecule has 0 radical (unpaired) electrons. The third kappa shape index (κ3) is 3.54. The van der Waals surface area contributed by atoms with Crippen LogP contribution in [0.5, 0.6) is 0 Å². The van der Waals surface area contributed by atoms with Crippen molar-refractivity contribution in [2.75, 3.05) is 26.2 Å². The zero-order valence-electron chi connectivity index (χ0n) is 11.4. The molecule has 1 fully saturated rings. The summed E-state index contributed by atoms with van der Waals surface area (Å²) in [6.07, 6.45) is 2.51. The molecule has 1 unspecified atom stereocenters. The molecule has 0 amide bonds. The van der Waals surface area contributed by atoms with Crippen molar-refractivity contribution < 1.29 is 5.11 Å². The summed E-state index contributed by atoms with van der Waals surface area (Å²) < 4.78 is 1.93. The fourth-order valence-corrected chi connectivity index (χ4v) is 2.64. The lowest BCUT2D eigenvalue weighted by atomic mass is 10.2. The highest BCUT2D eigenvalue weighted by Gasteiger charge is 2.18. The minimum atomic E-state index is 0.212. The summed E-state index contributed by atoms with van der Waals surface area (Å²) in [5.41, 5.74) is 2.26. The van der Waals surface area contributed by atoms with Crippen molar-refractivity contribution in [3.05, 3.63) is 17.5 Å². The van der Waals surface area contributed by atoms with Crippen LogP contribution in [0.4, 0.5) is 0 Å². The predicted molar refractivity (Wildman–Crippen MR) is 71.3 cm³/mol. The lowest BCUT2D eigenvalue weighted by Crippen LogP contribution is -2.38. The molecule has 1 aliphatic heterocycles. The first kappa shape index (κ1) is 13.5. The molecule has 102 valence electrons. The Kier molecular flexibility index (Phi) is 4.74. The topological polar surface area (TPSA) is 53.3 Å².